The van der Waals surface area contributed by atoms with Gasteiger partial charge in [0.05, 0.1) is 13.2 Å². The van der Waals surface area contributed by atoms with Crippen LogP contribution in [0.2, 0.25) is 0 Å². The quantitative estimate of drug-likeness (QED) is 0.923. The fourth-order valence-corrected chi connectivity index (χ4v) is 2.76. The molecule has 2 aromatic rings. The number of thiophene rings is 1. The molecule has 0 aliphatic carbocycles. The van der Waals surface area contributed by atoms with Gasteiger partial charge in [0.15, 0.2) is 0 Å². The van der Waals surface area contributed by atoms with Gasteiger partial charge in [0.1, 0.15) is 0 Å². The van der Waals surface area contributed by atoms with Crippen molar-refractivity contribution in [3.63, 3.8) is 0 Å². The van der Waals surface area contributed by atoms with E-state index in [1.54, 1.807) is 36.6 Å². The molecule has 0 unspecified atom stereocenters. The van der Waals surface area contributed by atoms with Crippen LogP contribution in [0, 0.1) is 0 Å². The highest BCUT2D eigenvalue weighted by molar-refractivity contribution is 7.10. The van der Waals surface area contributed by atoms with Crippen molar-refractivity contribution in [1.82, 2.24) is 15.2 Å². The van der Waals surface area contributed by atoms with Crippen molar-refractivity contribution in [3.8, 4) is 5.88 Å². The zero-order valence-electron chi connectivity index (χ0n) is 12.4. The van der Waals surface area contributed by atoms with Crippen molar-refractivity contribution >= 4 is 17.4 Å². The summed E-state index contributed by atoms with van der Waals surface area (Å²) in [5.41, 5.74) is 0.852. The number of amides is 2. The van der Waals surface area contributed by atoms with Gasteiger partial charge in [-0.15, -0.1) is 11.3 Å². The van der Waals surface area contributed by atoms with Gasteiger partial charge in [0, 0.05) is 30.2 Å². The third kappa shape index (κ3) is 3.72. The summed E-state index contributed by atoms with van der Waals surface area (Å²) in [6.07, 6.45) is 1.66. The fourth-order valence-electron chi connectivity index (χ4n) is 1.93. The maximum absolute atomic E-state index is 12.2. The van der Waals surface area contributed by atoms with E-state index in [0.29, 0.717) is 12.4 Å². The summed E-state index contributed by atoms with van der Waals surface area (Å²) in [4.78, 5) is 19.2. The zero-order chi connectivity index (χ0) is 15.2. The maximum Gasteiger partial charge on any atom is 0.317 e. The Labute approximate surface area is 128 Å². The summed E-state index contributed by atoms with van der Waals surface area (Å²) in [5, 5.41) is 4.90. The molecule has 2 rings (SSSR count). The summed E-state index contributed by atoms with van der Waals surface area (Å²) in [6, 6.07) is 7.64. The molecule has 112 valence electrons. The third-order valence-electron chi connectivity index (χ3n) is 3.33. The minimum Gasteiger partial charge on any atom is -0.481 e. The monoisotopic (exact) mass is 305 g/mol. The largest absolute Gasteiger partial charge is 0.481 e. The summed E-state index contributed by atoms with van der Waals surface area (Å²) in [7, 11) is 3.36. The number of carbonyl (C=O) groups is 1. The lowest BCUT2D eigenvalue weighted by molar-refractivity contribution is 0.194. The molecule has 0 fully saturated rings. The summed E-state index contributed by atoms with van der Waals surface area (Å²) in [5.74, 6) is 0.534. The standard InChI is InChI=1S/C15H19N3O2S/c1-11(13-7-5-9-21-13)18(2)15(19)17-10-12-6-4-8-16-14(12)20-3/h4-9,11H,10H2,1-3H3,(H,17,19)/t11-/m0/s1. The average Bonchev–Trinajstić information content (AvgIpc) is 3.05. The van der Waals surface area contributed by atoms with Gasteiger partial charge < -0.3 is 15.0 Å². The number of ether oxygens (including phenoxy) is 1. The van der Waals surface area contributed by atoms with E-state index in [2.05, 4.69) is 10.3 Å². The molecule has 0 spiro atoms. The molecule has 0 aliphatic rings. The van der Waals surface area contributed by atoms with Crippen LogP contribution in [0.25, 0.3) is 0 Å². The average molecular weight is 305 g/mol. The smallest absolute Gasteiger partial charge is 0.317 e. The molecule has 0 saturated heterocycles. The highest BCUT2D eigenvalue weighted by Crippen LogP contribution is 2.23. The highest BCUT2D eigenvalue weighted by atomic mass is 32.1. The van der Waals surface area contributed by atoms with Crippen LogP contribution in [-0.2, 0) is 6.54 Å². The number of methoxy groups -OCH3 is 1. The highest BCUT2D eigenvalue weighted by Gasteiger charge is 2.18. The van der Waals surface area contributed by atoms with Crippen LogP contribution in [0.4, 0.5) is 4.79 Å². The molecule has 0 radical (unpaired) electrons. The minimum absolute atomic E-state index is 0.0424. The molecule has 5 nitrogen and oxygen atoms in total. The predicted octanol–water partition coefficient (Wildman–Crippen LogP) is 3.05. The van der Waals surface area contributed by atoms with Crippen molar-refractivity contribution in [2.24, 2.45) is 0 Å². The van der Waals surface area contributed by atoms with Gasteiger partial charge >= 0.3 is 6.03 Å². The number of rotatable bonds is 5. The second-order valence-corrected chi connectivity index (χ2v) is 5.61. The molecule has 1 atom stereocenters. The van der Waals surface area contributed by atoms with Gasteiger partial charge in [0.2, 0.25) is 5.88 Å². The van der Waals surface area contributed by atoms with E-state index < -0.39 is 0 Å². The molecule has 0 aliphatic heterocycles. The van der Waals surface area contributed by atoms with Gasteiger partial charge in [-0.3, -0.25) is 0 Å². The van der Waals surface area contributed by atoms with Gasteiger partial charge in [-0.25, -0.2) is 9.78 Å². The number of urea groups is 1. The number of hydrogen-bond donors (Lipinski definition) is 1. The topological polar surface area (TPSA) is 54.5 Å². The third-order valence-corrected chi connectivity index (χ3v) is 4.37. The first-order valence-electron chi connectivity index (χ1n) is 6.65. The molecule has 2 aromatic heterocycles. The number of nitrogens with zero attached hydrogens (tertiary/aromatic N) is 2. The van der Waals surface area contributed by atoms with Crippen LogP contribution in [0.1, 0.15) is 23.4 Å². The lowest BCUT2D eigenvalue weighted by Gasteiger charge is -2.24. The number of nitrogens with one attached hydrogen (secondary N) is 1. The summed E-state index contributed by atoms with van der Waals surface area (Å²) in [6.45, 7) is 2.40. The molecule has 2 amide bonds. The van der Waals surface area contributed by atoms with Gasteiger partial charge in [0.25, 0.3) is 0 Å². The van der Waals surface area contributed by atoms with Crippen molar-refractivity contribution in [1.29, 1.82) is 0 Å². The number of carbonyl (C=O) groups excluding carboxylic acids is 1. The zero-order valence-corrected chi connectivity index (χ0v) is 13.2. The molecule has 0 saturated carbocycles. The number of hydrogen-bond acceptors (Lipinski definition) is 4. The molecule has 21 heavy (non-hydrogen) atoms. The van der Waals surface area contributed by atoms with E-state index in [1.165, 1.54) is 0 Å². The Bertz CT molecular complexity index is 586. The second-order valence-electron chi connectivity index (χ2n) is 4.63. The Balaban J connectivity index is 1.95. The Kier molecular flexibility index (Phi) is 5.16. The van der Waals surface area contributed by atoms with Gasteiger partial charge in [-0.1, -0.05) is 12.1 Å². The van der Waals surface area contributed by atoms with Crippen LogP contribution in [0.15, 0.2) is 35.8 Å². The van der Waals surface area contributed by atoms with Crippen LogP contribution in [-0.4, -0.2) is 30.1 Å². The fraction of sp³-hybridized carbons (Fsp3) is 0.333. The Morgan fingerprint density at radius 3 is 2.95 bits per heavy atom. The van der Waals surface area contributed by atoms with Crippen LogP contribution >= 0.6 is 11.3 Å². The van der Waals surface area contributed by atoms with E-state index in [-0.39, 0.29) is 12.1 Å². The van der Waals surface area contributed by atoms with E-state index in [1.807, 2.05) is 36.6 Å². The first-order chi connectivity index (χ1) is 10.1. The van der Waals surface area contributed by atoms with Crippen molar-refractivity contribution in [3.05, 3.63) is 46.3 Å². The molecule has 6 heteroatoms. The summed E-state index contributed by atoms with van der Waals surface area (Å²) < 4.78 is 5.17. The van der Waals surface area contributed by atoms with Gasteiger partial charge in [-0.2, -0.15) is 0 Å². The second kappa shape index (κ2) is 7.08. The number of aromatic nitrogens is 1. The van der Waals surface area contributed by atoms with Crippen LogP contribution in [0.5, 0.6) is 5.88 Å². The molecule has 2 heterocycles. The molecule has 0 bridgehead atoms. The maximum atomic E-state index is 12.2. The molecular formula is C15H19N3O2S. The predicted molar refractivity (Wildman–Crippen MR) is 83.5 cm³/mol. The van der Waals surface area contributed by atoms with Crippen LogP contribution < -0.4 is 10.1 Å². The van der Waals surface area contributed by atoms with E-state index >= 15 is 0 Å². The van der Waals surface area contributed by atoms with E-state index in [9.17, 15) is 4.79 Å². The first-order valence-corrected chi connectivity index (χ1v) is 7.53. The number of pyridine rings is 1. The Hall–Kier alpha value is -2.08. The Morgan fingerprint density at radius 2 is 2.29 bits per heavy atom. The normalized spacial score (nSPS) is 11.8. The van der Waals surface area contributed by atoms with Gasteiger partial charge in [-0.05, 0) is 24.4 Å². The molecule has 1 N–H and O–H groups in total. The van der Waals surface area contributed by atoms with Crippen molar-refractivity contribution < 1.29 is 9.53 Å². The SMILES string of the molecule is COc1ncccc1CNC(=O)N(C)[C@@H](C)c1cccs1. The van der Waals surface area contributed by atoms with Crippen molar-refractivity contribution in [2.75, 3.05) is 14.2 Å². The lowest BCUT2D eigenvalue weighted by atomic mass is 10.2. The molecular weight excluding hydrogens is 286 g/mol. The lowest BCUT2D eigenvalue weighted by Crippen LogP contribution is -2.38. The van der Waals surface area contributed by atoms with E-state index in [4.69, 9.17) is 4.74 Å². The summed E-state index contributed by atoms with van der Waals surface area (Å²) >= 11 is 1.65. The minimum atomic E-state index is -0.123. The van der Waals surface area contributed by atoms with Crippen LogP contribution in [0.3, 0.4) is 0 Å². The van der Waals surface area contributed by atoms with Crippen molar-refractivity contribution in [2.45, 2.75) is 19.5 Å². The molecule has 0 aromatic carbocycles. The van der Waals surface area contributed by atoms with E-state index in [0.717, 1.165) is 10.4 Å². The first kappa shape index (κ1) is 15.3. The Morgan fingerprint density at radius 1 is 1.48 bits per heavy atom.